The maximum absolute atomic E-state index is 13.4. The van der Waals surface area contributed by atoms with E-state index in [9.17, 15) is 14.0 Å². The summed E-state index contributed by atoms with van der Waals surface area (Å²) in [5.74, 6) is 2.91. The lowest BCUT2D eigenvalue weighted by molar-refractivity contribution is 0.0550. The number of halogens is 1. The van der Waals surface area contributed by atoms with E-state index in [1.54, 1.807) is 48.3 Å². The number of amides is 2. The number of terminal acetylenes is 1. The summed E-state index contributed by atoms with van der Waals surface area (Å²) in [5.41, 5.74) is 2.47. The van der Waals surface area contributed by atoms with Crippen LogP contribution in [0.5, 0.6) is 0 Å². The smallest absolute Gasteiger partial charge is 0.253 e. The minimum Gasteiger partial charge on any atom is -0.347 e. The lowest BCUT2D eigenvalue weighted by Gasteiger charge is -2.48. The molecule has 2 aromatic rings. The highest BCUT2D eigenvalue weighted by Crippen LogP contribution is 2.45. The number of fused-ring (bicyclic) bond motifs is 2. The third kappa shape index (κ3) is 5.27. The topological polar surface area (TPSA) is 49.4 Å². The molecular weight excluding hydrogens is 415 g/mol. The van der Waals surface area contributed by atoms with Crippen molar-refractivity contribution >= 4 is 11.8 Å². The number of carbonyl (C=O) groups is 2. The Morgan fingerprint density at radius 1 is 1.18 bits per heavy atom. The molecule has 2 amide bonds. The number of carbonyl (C=O) groups excluding carboxylic acids is 2. The van der Waals surface area contributed by atoms with Crippen molar-refractivity contribution in [3.8, 4) is 12.3 Å². The molecule has 0 heterocycles. The van der Waals surface area contributed by atoms with E-state index in [2.05, 4.69) is 11.2 Å². The van der Waals surface area contributed by atoms with Crippen molar-refractivity contribution in [2.75, 3.05) is 13.7 Å². The molecule has 1 N–H and O–H groups in total. The van der Waals surface area contributed by atoms with Crippen LogP contribution in [-0.4, -0.2) is 36.0 Å². The maximum Gasteiger partial charge on any atom is 0.253 e. The fourth-order valence-electron chi connectivity index (χ4n) is 5.64. The van der Waals surface area contributed by atoms with Crippen LogP contribution in [0.1, 0.15) is 70.4 Å². The van der Waals surface area contributed by atoms with E-state index in [1.807, 2.05) is 12.1 Å². The van der Waals surface area contributed by atoms with E-state index in [0.717, 1.165) is 44.1 Å². The molecule has 3 atom stereocenters. The average molecular weight is 447 g/mol. The zero-order valence-electron chi connectivity index (χ0n) is 19.1. The van der Waals surface area contributed by atoms with Gasteiger partial charge in [-0.2, -0.15) is 0 Å². The molecule has 0 aromatic heterocycles. The molecule has 5 heteroatoms. The summed E-state index contributed by atoms with van der Waals surface area (Å²) in [6.45, 7) is 0.118. The largest absolute Gasteiger partial charge is 0.347 e. The predicted octanol–water partition coefficient (Wildman–Crippen LogP) is 4.98. The fourth-order valence-corrected chi connectivity index (χ4v) is 5.64. The molecule has 2 bridgehead atoms. The van der Waals surface area contributed by atoms with E-state index in [1.165, 1.54) is 0 Å². The number of benzene rings is 2. The van der Waals surface area contributed by atoms with Gasteiger partial charge in [-0.25, -0.2) is 0 Å². The molecule has 33 heavy (non-hydrogen) atoms. The first-order valence-electron chi connectivity index (χ1n) is 11.7. The van der Waals surface area contributed by atoms with Gasteiger partial charge in [-0.3, -0.25) is 14.0 Å². The fraction of sp³-hybridized carbons (Fsp3) is 0.429. The first-order valence-corrected chi connectivity index (χ1v) is 11.7. The predicted molar refractivity (Wildman–Crippen MR) is 127 cm³/mol. The van der Waals surface area contributed by atoms with Gasteiger partial charge in [0.05, 0.1) is 6.67 Å². The molecule has 2 fully saturated rings. The Balaban J connectivity index is 1.39. The Hall–Kier alpha value is -3.13. The van der Waals surface area contributed by atoms with Crippen LogP contribution in [0.2, 0.25) is 0 Å². The van der Waals surface area contributed by atoms with Crippen molar-refractivity contribution in [2.45, 2.75) is 50.6 Å². The number of hydrogen-bond donors (Lipinski definition) is 1. The molecule has 2 saturated carbocycles. The van der Waals surface area contributed by atoms with Gasteiger partial charge in [0.25, 0.3) is 11.8 Å². The van der Waals surface area contributed by atoms with Crippen LogP contribution in [0.3, 0.4) is 0 Å². The lowest BCUT2D eigenvalue weighted by atomic mass is 9.63. The number of nitrogens with zero attached hydrogens (tertiary/aromatic N) is 1. The first kappa shape index (κ1) is 23.0. The SMILES string of the molecule is C#Cc1cccc(C(=O)N(C)Cc2ccc(C(=O)NC34CCCC(CC(CF)C3)C4)cc2)c1. The number of alkyl halides is 1. The monoisotopic (exact) mass is 446 g/mol. The first-order chi connectivity index (χ1) is 15.9. The quantitative estimate of drug-likeness (QED) is 0.637. The molecule has 2 aromatic carbocycles. The van der Waals surface area contributed by atoms with Gasteiger partial charge in [-0.05, 0) is 73.4 Å². The second kappa shape index (κ2) is 9.79. The van der Waals surface area contributed by atoms with E-state index in [0.29, 0.717) is 29.2 Å². The zero-order valence-corrected chi connectivity index (χ0v) is 19.1. The summed E-state index contributed by atoms with van der Waals surface area (Å²) in [6.07, 6.45) is 11.2. The Bertz CT molecular complexity index is 1060. The van der Waals surface area contributed by atoms with Crippen LogP contribution < -0.4 is 5.32 Å². The van der Waals surface area contributed by atoms with Gasteiger partial charge in [0.15, 0.2) is 0 Å². The summed E-state index contributed by atoms with van der Waals surface area (Å²) in [7, 11) is 1.74. The lowest BCUT2D eigenvalue weighted by Crippen LogP contribution is -2.55. The number of hydrogen-bond acceptors (Lipinski definition) is 2. The minimum absolute atomic E-state index is 0.0566. The second-order valence-corrected chi connectivity index (χ2v) is 9.74. The van der Waals surface area contributed by atoms with Gasteiger partial charge in [-0.15, -0.1) is 6.42 Å². The van der Waals surface area contributed by atoms with Crippen molar-refractivity contribution in [1.82, 2.24) is 10.2 Å². The van der Waals surface area contributed by atoms with E-state index in [-0.39, 0.29) is 29.9 Å². The zero-order chi connectivity index (χ0) is 23.4. The highest BCUT2D eigenvalue weighted by molar-refractivity contribution is 5.95. The molecule has 0 spiro atoms. The third-order valence-corrected chi connectivity index (χ3v) is 7.15. The van der Waals surface area contributed by atoms with Gasteiger partial charge in [0, 0.05) is 35.8 Å². The van der Waals surface area contributed by atoms with E-state index >= 15 is 0 Å². The molecule has 3 unspecified atom stereocenters. The number of rotatable bonds is 6. The van der Waals surface area contributed by atoms with E-state index < -0.39 is 0 Å². The van der Waals surface area contributed by atoms with Gasteiger partial charge in [-0.1, -0.05) is 37.0 Å². The highest BCUT2D eigenvalue weighted by Gasteiger charge is 2.44. The Kier molecular flexibility index (Phi) is 6.83. The summed E-state index contributed by atoms with van der Waals surface area (Å²) < 4.78 is 13.4. The summed E-state index contributed by atoms with van der Waals surface area (Å²) in [6, 6.07) is 14.4. The van der Waals surface area contributed by atoms with Crippen molar-refractivity contribution in [3.05, 3.63) is 70.8 Å². The average Bonchev–Trinajstić information content (AvgIpc) is 2.83. The van der Waals surface area contributed by atoms with Crippen LogP contribution in [0, 0.1) is 24.2 Å². The van der Waals surface area contributed by atoms with Crippen LogP contribution in [0.4, 0.5) is 4.39 Å². The molecule has 0 radical (unpaired) electrons. The molecule has 2 aliphatic rings. The highest BCUT2D eigenvalue weighted by atomic mass is 19.1. The van der Waals surface area contributed by atoms with E-state index in [4.69, 9.17) is 6.42 Å². The van der Waals surface area contributed by atoms with Crippen molar-refractivity contribution in [3.63, 3.8) is 0 Å². The van der Waals surface area contributed by atoms with Gasteiger partial charge >= 0.3 is 0 Å². The Labute approximate surface area is 195 Å². The molecule has 0 aliphatic heterocycles. The Morgan fingerprint density at radius 2 is 1.97 bits per heavy atom. The summed E-state index contributed by atoms with van der Waals surface area (Å²) in [5, 5.41) is 3.27. The molecule has 172 valence electrons. The van der Waals surface area contributed by atoms with Crippen LogP contribution in [0.25, 0.3) is 0 Å². The summed E-state index contributed by atoms with van der Waals surface area (Å²) in [4.78, 5) is 27.4. The molecule has 2 aliphatic carbocycles. The molecular formula is C28H31FN2O2. The Morgan fingerprint density at radius 3 is 2.70 bits per heavy atom. The number of nitrogens with one attached hydrogen (secondary N) is 1. The van der Waals surface area contributed by atoms with Crippen molar-refractivity contribution in [2.24, 2.45) is 11.8 Å². The summed E-state index contributed by atoms with van der Waals surface area (Å²) >= 11 is 0. The molecule has 0 saturated heterocycles. The van der Waals surface area contributed by atoms with Gasteiger partial charge in [0.1, 0.15) is 0 Å². The standard InChI is InChI=1S/C28H31FN2O2/c1-3-20-6-4-8-25(15-20)27(33)31(2)19-21-9-11-24(12-10-21)26(32)30-28-13-5-7-22(16-28)14-23(17-28)18-29/h1,4,6,8-12,15,22-23H,5,7,13-14,16-19H2,2H3,(H,30,32). The van der Waals surface area contributed by atoms with Gasteiger partial charge < -0.3 is 10.2 Å². The van der Waals surface area contributed by atoms with Crippen LogP contribution in [-0.2, 0) is 6.54 Å². The van der Waals surface area contributed by atoms with Crippen LogP contribution >= 0.6 is 0 Å². The third-order valence-electron chi connectivity index (χ3n) is 7.15. The van der Waals surface area contributed by atoms with Crippen molar-refractivity contribution < 1.29 is 14.0 Å². The van der Waals surface area contributed by atoms with Crippen LogP contribution in [0.15, 0.2) is 48.5 Å². The minimum atomic E-state index is -0.303. The maximum atomic E-state index is 13.4. The molecule has 4 rings (SSSR count). The van der Waals surface area contributed by atoms with Gasteiger partial charge in [0.2, 0.25) is 0 Å². The normalized spacial score (nSPS) is 23.9. The second-order valence-electron chi connectivity index (χ2n) is 9.74. The van der Waals surface area contributed by atoms with Crippen molar-refractivity contribution in [1.29, 1.82) is 0 Å². The molecule has 4 nitrogen and oxygen atoms in total.